The number of hydrogen-bond acceptors (Lipinski definition) is 3. The van der Waals surface area contributed by atoms with Crippen LogP contribution in [0.4, 0.5) is 13.2 Å². The van der Waals surface area contributed by atoms with Crippen molar-refractivity contribution < 1.29 is 28.2 Å². The lowest BCUT2D eigenvalue weighted by atomic mass is 9.85. The van der Waals surface area contributed by atoms with Crippen molar-refractivity contribution in [3.63, 3.8) is 0 Å². The maximum Gasteiger partial charge on any atom is 0.417 e. The van der Waals surface area contributed by atoms with Gasteiger partial charge in [-0.15, -0.1) is 0 Å². The molecule has 1 aliphatic rings. The minimum atomic E-state index is -4.69. The molecule has 3 rings (SSSR count). The second kappa shape index (κ2) is 14.6. The number of carboxylic acids is 1. The molecule has 36 heavy (non-hydrogen) atoms. The molecular weight excluding hydrogens is 469 g/mol. The van der Waals surface area contributed by atoms with E-state index in [4.69, 9.17) is 5.11 Å². The quantitative estimate of drug-likeness (QED) is 0.221. The van der Waals surface area contributed by atoms with Crippen molar-refractivity contribution in [1.29, 1.82) is 0 Å². The molecule has 4 N–H and O–H groups in total. The Balaban J connectivity index is 0.000000255. The summed E-state index contributed by atoms with van der Waals surface area (Å²) in [5.41, 5.74) is -1.44. The van der Waals surface area contributed by atoms with Gasteiger partial charge in [0.05, 0.1) is 16.7 Å². The van der Waals surface area contributed by atoms with Crippen LogP contribution in [0.1, 0.15) is 112 Å². The van der Waals surface area contributed by atoms with Crippen LogP contribution < -0.4 is 5.32 Å². The predicted molar refractivity (Wildman–Crippen MR) is 139 cm³/mol. The van der Waals surface area contributed by atoms with Crippen molar-refractivity contribution in [3.8, 4) is 0 Å². The molecule has 0 saturated heterocycles. The number of carbonyl (C=O) groups is 1. The molecule has 0 radical (unpaired) electrons. The average molecular weight is 513 g/mol. The van der Waals surface area contributed by atoms with Crippen molar-refractivity contribution in [3.05, 3.63) is 35.0 Å². The first-order valence-electron chi connectivity index (χ1n) is 13.4. The zero-order valence-electron chi connectivity index (χ0n) is 21.8. The van der Waals surface area contributed by atoms with Crippen LogP contribution >= 0.6 is 0 Å². The summed E-state index contributed by atoms with van der Waals surface area (Å²) in [5.74, 6) is -1.58. The third-order valence-corrected chi connectivity index (χ3v) is 7.00. The van der Waals surface area contributed by atoms with Crippen LogP contribution in [0, 0.1) is 6.92 Å². The van der Waals surface area contributed by atoms with Gasteiger partial charge < -0.3 is 20.5 Å². The Morgan fingerprint density at radius 1 is 1.06 bits per heavy atom. The summed E-state index contributed by atoms with van der Waals surface area (Å²) in [6.07, 6.45) is 13.4. The first kappa shape index (κ1) is 30.2. The number of aromatic carboxylic acids is 1. The number of carboxylic acid groups (broad SMARTS) is 1. The van der Waals surface area contributed by atoms with Crippen LogP contribution in [0.25, 0.3) is 10.9 Å². The van der Waals surface area contributed by atoms with Gasteiger partial charge in [-0.2, -0.15) is 13.2 Å². The summed E-state index contributed by atoms with van der Waals surface area (Å²) >= 11 is 0. The van der Waals surface area contributed by atoms with Crippen LogP contribution in [0.5, 0.6) is 0 Å². The summed E-state index contributed by atoms with van der Waals surface area (Å²) in [5, 5.41) is 22.5. The third-order valence-electron chi connectivity index (χ3n) is 7.00. The number of aryl methyl sites for hydroxylation is 1. The minimum absolute atomic E-state index is 0.116. The normalized spacial score (nSPS) is 15.5. The van der Waals surface area contributed by atoms with E-state index in [1.54, 1.807) is 6.92 Å². The fourth-order valence-corrected chi connectivity index (χ4v) is 4.98. The molecule has 5 nitrogen and oxygen atoms in total. The molecule has 1 saturated carbocycles. The van der Waals surface area contributed by atoms with Gasteiger partial charge in [0.2, 0.25) is 0 Å². The number of halogens is 3. The van der Waals surface area contributed by atoms with Crippen LogP contribution in [-0.2, 0) is 6.18 Å². The fraction of sp³-hybridized carbons (Fsp3) is 0.679. The topological polar surface area (TPSA) is 85.3 Å². The van der Waals surface area contributed by atoms with E-state index in [1.165, 1.54) is 82.9 Å². The van der Waals surface area contributed by atoms with Gasteiger partial charge in [-0.25, -0.2) is 4.79 Å². The number of benzene rings is 1. The highest BCUT2D eigenvalue weighted by atomic mass is 19.4. The van der Waals surface area contributed by atoms with Crippen molar-refractivity contribution >= 4 is 16.9 Å². The summed E-state index contributed by atoms with van der Waals surface area (Å²) in [6, 6.07) is 2.27. The third kappa shape index (κ3) is 9.43. The predicted octanol–water partition coefficient (Wildman–Crippen LogP) is 7.61. The zero-order chi connectivity index (χ0) is 26.6. The molecule has 1 heterocycles. The van der Waals surface area contributed by atoms with Crippen molar-refractivity contribution in [2.75, 3.05) is 13.1 Å². The van der Waals surface area contributed by atoms with Gasteiger partial charge in [0.25, 0.3) is 0 Å². The number of fused-ring (bicyclic) bond motifs is 1. The summed E-state index contributed by atoms with van der Waals surface area (Å²) < 4.78 is 38.6. The largest absolute Gasteiger partial charge is 0.478 e. The Morgan fingerprint density at radius 2 is 1.67 bits per heavy atom. The molecule has 8 heteroatoms. The number of alkyl halides is 3. The lowest BCUT2D eigenvalue weighted by molar-refractivity contribution is -0.136. The maximum atomic E-state index is 12.9. The molecule has 0 spiro atoms. The number of H-pyrrole nitrogens is 1. The Hall–Kier alpha value is -2.06. The molecule has 1 aliphatic carbocycles. The molecular formula is C28H43F3N2O3. The fourth-order valence-electron chi connectivity index (χ4n) is 4.98. The standard InChI is InChI=1S/C17H35NO.C11H8F3NO2/c1-2-3-4-5-6-7-8-12-15-18-16-17(19)13-10-9-11-14-17;1-5-4-7(10(16)17)8(11(12,13)14)6-2-3-15-9(5)6/h18-19H,2-16H2,1H3;2-4,15H,1H3,(H,16,17). The lowest BCUT2D eigenvalue weighted by Gasteiger charge is -2.32. The van der Waals surface area contributed by atoms with Gasteiger partial charge >= 0.3 is 12.1 Å². The first-order valence-corrected chi connectivity index (χ1v) is 13.4. The second-order valence-corrected chi connectivity index (χ2v) is 10.1. The van der Waals surface area contributed by atoms with Gasteiger partial charge in [0, 0.05) is 23.6 Å². The molecule has 1 fully saturated rings. The highest BCUT2D eigenvalue weighted by molar-refractivity contribution is 5.98. The molecule has 0 bridgehead atoms. The van der Waals surface area contributed by atoms with E-state index in [0.29, 0.717) is 11.1 Å². The van der Waals surface area contributed by atoms with Gasteiger partial charge in [-0.05, 0) is 50.4 Å². The number of hydrogen-bond donors (Lipinski definition) is 4. The Morgan fingerprint density at radius 3 is 2.25 bits per heavy atom. The van der Waals surface area contributed by atoms with Crippen LogP contribution in [0.15, 0.2) is 18.3 Å². The number of aromatic amines is 1. The van der Waals surface area contributed by atoms with Gasteiger partial charge in [-0.1, -0.05) is 71.1 Å². The molecule has 2 aromatic rings. The lowest BCUT2D eigenvalue weighted by Crippen LogP contribution is -2.42. The van der Waals surface area contributed by atoms with Crippen molar-refractivity contribution in [1.82, 2.24) is 10.3 Å². The molecule has 1 aromatic heterocycles. The van der Waals surface area contributed by atoms with E-state index in [2.05, 4.69) is 17.2 Å². The van der Waals surface area contributed by atoms with E-state index in [9.17, 15) is 23.1 Å². The van der Waals surface area contributed by atoms with Crippen LogP contribution in [-0.4, -0.2) is 39.9 Å². The number of rotatable bonds is 12. The first-order chi connectivity index (χ1) is 17.1. The summed E-state index contributed by atoms with van der Waals surface area (Å²) in [6.45, 7) is 5.72. The zero-order valence-corrected chi connectivity index (χ0v) is 21.8. The highest BCUT2D eigenvalue weighted by Crippen LogP contribution is 2.38. The molecule has 0 unspecified atom stereocenters. The molecule has 204 valence electrons. The van der Waals surface area contributed by atoms with Gasteiger partial charge in [0.15, 0.2) is 0 Å². The summed E-state index contributed by atoms with van der Waals surface area (Å²) in [4.78, 5) is 13.5. The van der Waals surface area contributed by atoms with Crippen LogP contribution in [0.2, 0.25) is 0 Å². The number of nitrogens with one attached hydrogen (secondary N) is 2. The van der Waals surface area contributed by atoms with E-state index < -0.39 is 28.9 Å². The number of aliphatic hydroxyl groups is 1. The Kier molecular flexibility index (Phi) is 12.3. The van der Waals surface area contributed by atoms with E-state index >= 15 is 0 Å². The van der Waals surface area contributed by atoms with Gasteiger partial charge in [0.1, 0.15) is 0 Å². The second-order valence-electron chi connectivity index (χ2n) is 10.1. The average Bonchev–Trinajstić information content (AvgIpc) is 3.30. The molecule has 0 aliphatic heterocycles. The monoisotopic (exact) mass is 512 g/mol. The van der Waals surface area contributed by atoms with Crippen molar-refractivity contribution in [2.45, 2.75) is 109 Å². The minimum Gasteiger partial charge on any atom is -0.478 e. The summed E-state index contributed by atoms with van der Waals surface area (Å²) in [7, 11) is 0. The maximum absolute atomic E-state index is 12.9. The molecule has 1 aromatic carbocycles. The number of aromatic nitrogens is 1. The van der Waals surface area contributed by atoms with E-state index in [0.717, 1.165) is 32.0 Å². The Labute approximate surface area is 212 Å². The van der Waals surface area contributed by atoms with E-state index in [-0.39, 0.29) is 5.39 Å². The smallest absolute Gasteiger partial charge is 0.417 e. The SMILES string of the molecule is CCCCCCCCCCNCC1(O)CCCCC1.Cc1cc(C(=O)O)c(C(F)(F)F)c2cc[nH]c12. The molecule has 0 atom stereocenters. The van der Waals surface area contributed by atoms with E-state index in [1.807, 2.05) is 0 Å². The highest BCUT2D eigenvalue weighted by Gasteiger charge is 2.38. The Bertz CT molecular complexity index is 934. The van der Waals surface area contributed by atoms with Crippen molar-refractivity contribution in [2.24, 2.45) is 0 Å². The van der Waals surface area contributed by atoms with Gasteiger partial charge in [-0.3, -0.25) is 0 Å². The van der Waals surface area contributed by atoms with Crippen LogP contribution in [0.3, 0.4) is 0 Å². The molecule has 0 amide bonds. The number of unbranched alkanes of at least 4 members (excludes halogenated alkanes) is 7.